The van der Waals surface area contributed by atoms with Gasteiger partial charge < -0.3 is 25.0 Å². The van der Waals surface area contributed by atoms with Gasteiger partial charge in [-0.3, -0.25) is 4.99 Å². The van der Waals surface area contributed by atoms with E-state index in [1.165, 1.54) is 0 Å². The van der Waals surface area contributed by atoms with Gasteiger partial charge in [-0.25, -0.2) is 0 Å². The molecular formula is C11H18N2O4. The molecule has 1 aliphatic carbocycles. The average Bonchev–Trinajstić information content (AvgIpc) is 2.66. The Labute approximate surface area is 99.8 Å². The molecule has 0 amide bonds. The zero-order chi connectivity index (χ0) is 12.3. The van der Waals surface area contributed by atoms with Crippen LogP contribution < -0.4 is 0 Å². The molecule has 0 spiro atoms. The number of aliphatic hydroxyl groups is 3. The van der Waals surface area contributed by atoms with Crippen molar-refractivity contribution in [2.45, 2.75) is 30.8 Å². The normalized spacial score (nSPS) is 36.8. The summed E-state index contributed by atoms with van der Waals surface area (Å²) < 4.78 is 5.40. The lowest BCUT2D eigenvalue weighted by atomic mass is 10.1. The molecule has 6 heteroatoms. The molecule has 96 valence electrons. The predicted molar refractivity (Wildman–Crippen MR) is 61.4 cm³/mol. The molecule has 1 fully saturated rings. The van der Waals surface area contributed by atoms with Crippen molar-refractivity contribution in [3.8, 4) is 0 Å². The first-order chi connectivity index (χ1) is 8.19. The molecule has 6 nitrogen and oxygen atoms in total. The molecule has 1 aliphatic heterocycles. The number of nitrogens with zero attached hydrogens (tertiary/aromatic N) is 2. The number of allylic oxidation sites excluding steroid dienone is 1. The Balaban J connectivity index is 2.12. The van der Waals surface area contributed by atoms with Crippen LogP contribution in [0.5, 0.6) is 0 Å². The number of hydrogen-bond donors (Lipinski definition) is 3. The quantitative estimate of drug-likeness (QED) is 0.593. The molecule has 0 aromatic rings. The maximum absolute atomic E-state index is 10.6. The molecule has 2 rings (SSSR count). The number of hydrogen-bond acceptors (Lipinski definition) is 6. The van der Waals surface area contributed by atoms with E-state index in [4.69, 9.17) is 9.84 Å². The van der Waals surface area contributed by atoms with Crippen molar-refractivity contribution in [3.63, 3.8) is 0 Å². The molecule has 2 aliphatic rings. The van der Waals surface area contributed by atoms with Gasteiger partial charge in [0, 0.05) is 12.4 Å². The van der Waals surface area contributed by atoms with Crippen LogP contribution in [0.25, 0.3) is 0 Å². The highest BCUT2D eigenvalue weighted by molar-refractivity contribution is 5.71. The van der Waals surface area contributed by atoms with Gasteiger partial charge in [-0.15, -0.1) is 0 Å². The lowest BCUT2D eigenvalue weighted by Crippen LogP contribution is -2.59. The zero-order valence-electron chi connectivity index (χ0n) is 9.57. The number of rotatable bonds is 4. The minimum absolute atomic E-state index is 0.101. The Morgan fingerprint density at radius 2 is 2.29 bits per heavy atom. The van der Waals surface area contributed by atoms with Crippen molar-refractivity contribution in [1.29, 1.82) is 0 Å². The van der Waals surface area contributed by atoms with Crippen molar-refractivity contribution in [3.05, 3.63) is 12.3 Å². The topological polar surface area (TPSA) is 85.5 Å². The fraction of sp³-hybridized carbons (Fsp3) is 0.727. The summed E-state index contributed by atoms with van der Waals surface area (Å²) in [7, 11) is 0. The lowest BCUT2D eigenvalue weighted by molar-refractivity contribution is -0.206. The summed E-state index contributed by atoms with van der Waals surface area (Å²) >= 11 is 0. The smallest absolute Gasteiger partial charge is 0.192 e. The van der Waals surface area contributed by atoms with Crippen LogP contribution in [-0.4, -0.2) is 64.2 Å². The first-order valence-corrected chi connectivity index (χ1v) is 5.76. The van der Waals surface area contributed by atoms with Gasteiger partial charge in [0.2, 0.25) is 0 Å². The molecule has 0 saturated heterocycles. The molecule has 0 radical (unpaired) electrons. The Morgan fingerprint density at radius 3 is 2.94 bits per heavy atom. The van der Waals surface area contributed by atoms with E-state index in [1.807, 2.05) is 0 Å². The van der Waals surface area contributed by atoms with E-state index in [0.717, 1.165) is 0 Å². The molecule has 3 atom stereocenters. The number of aliphatic hydroxyl groups excluding tert-OH is 2. The first kappa shape index (κ1) is 12.5. The third kappa shape index (κ3) is 2.21. The molecule has 3 N–H and O–H groups in total. The van der Waals surface area contributed by atoms with E-state index in [2.05, 4.69) is 4.99 Å². The van der Waals surface area contributed by atoms with Gasteiger partial charge in [-0.2, -0.15) is 0 Å². The number of aliphatic imine (C=N–C) groups is 1. The summed E-state index contributed by atoms with van der Waals surface area (Å²) in [5, 5.41) is 29.3. The van der Waals surface area contributed by atoms with Crippen LogP contribution in [0.3, 0.4) is 0 Å². The van der Waals surface area contributed by atoms with E-state index in [0.29, 0.717) is 19.5 Å². The third-order valence-corrected chi connectivity index (χ3v) is 3.23. The van der Waals surface area contributed by atoms with Crippen molar-refractivity contribution < 1.29 is 20.1 Å². The predicted octanol–water partition coefficient (Wildman–Crippen LogP) is -0.935. The van der Waals surface area contributed by atoms with E-state index in [-0.39, 0.29) is 13.2 Å². The second kappa shape index (κ2) is 5.14. The standard InChI is InChI=1S/C11H18N2O4/c14-6-7-17-10-3-2-9(15)11(10,16)13-5-1-4-12-8-13/h1,4-5,9-10,14-16H,2-3,6-8H2. The molecule has 1 saturated carbocycles. The summed E-state index contributed by atoms with van der Waals surface area (Å²) in [5.74, 6) is 0. The highest BCUT2D eigenvalue weighted by atomic mass is 16.5. The van der Waals surface area contributed by atoms with Gasteiger partial charge >= 0.3 is 0 Å². The number of ether oxygens (including phenoxy) is 1. The molecular weight excluding hydrogens is 224 g/mol. The fourth-order valence-corrected chi connectivity index (χ4v) is 2.34. The maximum Gasteiger partial charge on any atom is 0.192 e. The zero-order valence-corrected chi connectivity index (χ0v) is 9.57. The van der Waals surface area contributed by atoms with Crippen molar-refractivity contribution in [2.24, 2.45) is 4.99 Å². The van der Waals surface area contributed by atoms with Gasteiger partial charge in [0.25, 0.3) is 0 Å². The van der Waals surface area contributed by atoms with Gasteiger partial charge in [-0.1, -0.05) is 0 Å². The second-order valence-electron chi connectivity index (χ2n) is 4.24. The van der Waals surface area contributed by atoms with Crippen LogP contribution in [0.1, 0.15) is 12.8 Å². The van der Waals surface area contributed by atoms with E-state index in [9.17, 15) is 10.2 Å². The summed E-state index contributed by atoms with van der Waals surface area (Å²) in [4.78, 5) is 5.61. The van der Waals surface area contributed by atoms with E-state index in [1.54, 1.807) is 23.4 Å². The summed E-state index contributed by atoms with van der Waals surface area (Å²) in [6, 6.07) is 0. The summed E-state index contributed by atoms with van der Waals surface area (Å²) in [6.07, 6.45) is 4.69. The maximum atomic E-state index is 10.6. The minimum Gasteiger partial charge on any atom is -0.394 e. The minimum atomic E-state index is -1.45. The van der Waals surface area contributed by atoms with Crippen LogP contribution in [-0.2, 0) is 4.74 Å². The van der Waals surface area contributed by atoms with Crippen LogP contribution in [0.15, 0.2) is 17.3 Å². The van der Waals surface area contributed by atoms with Crippen molar-refractivity contribution in [1.82, 2.24) is 4.90 Å². The molecule has 0 bridgehead atoms. The monoisotopic (exact) mass is 242 g/mol. The van der Waals surface area contributed by atoms with Crippen LogP contribution in [0, 0.1) is 0 Å². The summed E-state index contributed by atoms with van der Waals surface area (Å²) in [6.45, 7) is 0.347. The van der Waals surface area contributed by atoms with Crippen molar-refractivity contribution >= 4 is 6.21 Å². The highest BCUT2D eigenvalue weighted by Gasteiger charge is 2.53. The average molecular weight is 242 g/mol. The Kier molecular flexibility index (Phi) is 3.78. The third-order valence-electron chi connectivity index (χ3n) is 3.23. The van der Waals surface area contributed by atoms with Gasteiger partial charge in [0.1, 0.15) is 18.9 Å². The van der Waals surface area contributed by atoms with Gasteiger partial charge in [-0.05, 0) is 18.9 Å². The first-order valence-electron chi connectivity index (χ1n) is 5.76. The highest BCUT2D eigenvalue weighted by Crippen LogP contribution is 2.36. The molecule has 0 aromatic carbocycles. The molecule has 1 heterocycles. The largest absolute Gasteiger partial charge is 0.394 e. The Hall–Kier alpha value is -0.950. The second-order valence-corrected chi connectivity index (χ2v) is 4.24. The van der Waals surface area contributed by atoms with E-state index < -0.39 is 17.9 Å². The van der Waals surface area contributed by atoms with Crippen LogP contribution >= 0.6 is 0 Å². The fourth-order valence-electron chi connectivity index (χ4n) is 2.34. The van der Waals surface area contributed by atoms with Crippen molar-refractivity contribution in [2.75, 3.05) is 19.9 Å². The molecule has 3 unspecified atom stereocenters. The lowest BCUT2D eigenvalue weighted by Gasteiger charge is -2.41. The van der Waals surface area contributed by atoms with Gasteiger partial charge in [0.15, 0.2) is 5.72 Å². The molecule has 17 heavy (non-hydrogen) atoms. The SMILES string of the molecule is OCCOC1CCC(O)C1(O)N1C=CC=NC1. The Morgan fingerprint density at radius 1 is 1.47 bits per heavy atom. The Bertz CT molecular complexity index is 321. The van der Waals surface area contributed by atoms with Crippen LogP contribution in [0.2, 0.25) is 0 Å². The molecule has 0 aromatic heterocycles. The van der Waals surface area contributed by atoms with E-state index >= 15 is 0 Å². The summed E-state index contributed by atoms with van der Waals surface area (Å²) in [5.41, 5.74) is -1.45. The van der Waals surface area contributed by atoms with Crippen LogP contribution in [0.4, 0.5) is 0 Å². The van der Waals surface area contributed by atoms with Gasteiger partial charge in [0.05, 0.1) is 13.2 Å².